The van der Waals surface area contributed by atoms with E-state index in [-0.39, 0.29) is 31.2 Å². The van der Waals surface area contributed by atoms with Crippen molar-refractivity contribution in [3.63, 3.8) is 0 Å². The van der Waals surface area contributed by atoms with E-state index in [1.54, 1.807) is 22.7 Å². The zero-order valence-corrected chi connectivity index (χ0v) is 20.2. The summed E-state index contributed by atoms with van der Waals surface area (Å²) in [5.74, 6) is -1.69. The second-order valence-electron chi connectivity index (χ2n) is 7.57. The molecule has 2 aromatic heterocycles. The van der Waals surface area contributed by atoms with Gasteiger partial charge in [-0.1, -0.05) is 5.11 Å². The molecule has 0 radical (unpaired) electrons. The minimum atomic E-state index is -0.858. The van der Waals surface area contributed by atoms with Crippen LogP contribution in [0.15, 0.2) is 38.8 Å². The van der Waals surface area contributed by atoms with Crippen LogP contribution in [0.3, 0.4) is 0 Å². The molecule has 182 valence electrons. The summed E-state index contributed by atoms with van der Waals surface area (Å²) in [5, 5.41) is 28.6. The summed E-state index contributed by atoms with van der Waals surface area (Å²) in [6.45, 7) is 2.67. The highest BCUT2D eigenvalue weighted by Gasteiger charge is 2.13. The van der Waals surface area contributed by atoms with E-state index in [9.17, 15) is 9.59 Å². The molecule has 0 aromatic carbocycles. The molecule has 0 aliphatic carbocycles. The normalized spacial score (nSPS) is 14.0. The van der Waals surface area contributed by atoms with Crippen molar-refractivity contribution in [2.45, 2.75) is 38.5 Å². The molecule has 2 unspecified atom stereocenters. The summed E-state index contributed by atoms with van der Waals surface area (Å²) in [4.78, 5) is 23.7. The highest BCUT2D eigenvalue weighted by Crippen LogP contribution is 2.16. The van der Waals surface area contributed by atoms with Gasteiger partial charge in [0.2, 0.25) is 0 Å². The molecular formula is C22H32N4O5S2. The molecule has 1 fully saturated rings. The fraction of sp³-hybridized carbons (Fsp3) is 0.545. The van der Waals surface area contributed by atoms with Gasteiger partial charge in [-0.2, -0.15) is 22.7 Å². The van der Waals surface area contributed by atoms with Gasteiger partial charge in [-0.15, -0.1) is 0 Å². The number of rotatable bonds is 11. The van der Waals surface area contributed by atoms with E-state index in [0.29, 0.717) is 13.0 Å². The first-order valence-corrected chi connectivity index (χ1v) is 12.6. The topological polar surface area (TPSA) is 159 Å². The minimum Gasteiger partial charge on any atom is -0.481 e. The van der Waals surface area contributed by atoms with E-state index < -0.39 is 11.9 Å². The monoisotopic (exact) mass is 496 g/mol. The van der Waals surface area contributed by atoms with Crippen molar-refractivity contribution < 1.29 is 24.5 Å². The lowest BCUT2D eigenvalue weighted by atomic mass is 9.98. The summed E-state index contributed by atoms with van der Waals surface area (Å²) in [6.07, 6.45) is 4.17. The number of hydrogen-bond acceptors (Lipinski definition) is 7. The van der Waals surface area contributed by atoms with Crippen LogP contribution in [0.2, 0.25) is 0 Å². The third kappa shape index (κ3) is 15.1. The van der Waals surface area contributed by atoms with E-state index in [1.807, 2.05) is 33.7 Å². The Bertz CT molecular complexity index is 808. The molecule has 33 heavy (non-hydrogen) atoms. The van der Waals surface area contributed by atoms with Crippen molar-refractivity contribution >= 4 is 34.6 Å². The predicted molar refractivity (Wildman–Crippen MR) is 131 cm³/mol. The van der Waals surface area contributed by atoms with Gasteiger partial charge in [0.05, 0.1) is 0 Å². The summed E-state index contributed by atoms with van der Waals surface area (Å²) in [7, 11) is 0. The maximum atomic E-state index is 10.6. The van der Waals surface area contributed by atoms with Crippen molar-refractivity contribution in [2.24, 2.45) is 22.7 Å². The van der Waals surface area contributed by atoms with Gasteiger partial charge in [-0.25, -0.2) is 0 Å². The van der Waals surface area contributed by atoms with E-state index in [0.717, 1.165) is 25.2 Å². The van der Waals surface area contributed by atoms with Crippen LogP contribution >= 0.6 is 22.7 Å². The van der Waals surface area contributed by atoms with Crippen molar-refractivity contribution in [1.82, 2.24) is 0 Å². The average Bonchev–Trinajstić information content (AvgIpc) is 3.56. The van der Waals surface area contributed by atoms with Gasteiger partial charge in [-0.05, 0) is 94.4 Å². The number of nitrogens with two attached hydrogens (primary N) is 1. The van der Waals surface area contributed by atoms with E-state index >= 15 is 0 Å². The number of ether oxygens (including phenoxy) is 1. The van der Waals surface area contributed by atoms with Gasteiger partial charge in [0.1, 0.15) is 0 Å². The zero-order valence-electron chi connectivity index (χ0n) is 18.5. The molecule has 1 aliphatic rings. The molecular weight excluding hydrogens is 464 g/mol. The fourth-order valence-corrected chi connectivity index (χ4v) is 4.44. The number of nitrogens with zero attached hydrogens (tertiary/aromatic N) is 3. The fourth-order valence-electron chi connectivity index (χ4n) is 3.08. The van der Waals surface area contributed by atoms with Gasteiger partial charge in [0, 0.05) is 37.5 Å². The molecule has 11 heteroatoms. The molecule has 1 saturated heterocycles. The number of carboxylic acid groups (broad SMARTS) is 2. The molecule has 1 aliphatic heterocycles. The number of carbonyl (C=O) groups is 2. The maximum absolute atomic E-state index is 10.6. The second-order valence-corrected chi connectivity index (χ2v) is 9.13. The molecule has 3 rings (SSSR count). The minimum absolute atomic E-state index is 0.0366. The Kier molecular flexibility index (Phi) is 15.6. The molecule has 0 bridgehead atoms. The SMILES string of the molecule is C1CCOC1.NCC(CC(=O)O)Cc1ccsc1.[N-]=[N+]=NCC(CC(=O)O)Cc1ccsc1. The van der Waals surface area contributed by atoms with Gasteiger partial charge < -0.3 is 20.7 Å². The Balaban J connectivity index is 0.000000274. The second kappa shape index (κ2) is 18.0. The Labute approximate surface area is 201 Å². The molecule has 9 nitrogen and oxygen atoms in total. The summed E-state index contributed by atoms with van der Waals surface area (Å²) in [6, 6.07) is 3.96. The Morgan fingerprint density at radius 2 is 1.55 bits per heavy atom. The van der Waals surface area contributed by atoms with Crippen LogP contribution in [0, 0.1) is 11.8 Å². The molecule has 2 aromatic rings. The van der Waals surface area contributed by atoms with Gasteiger partial charge in [-0.3, -0.25) is 9.59 Å². The molecule has 0 amide bonds. The highest BCUT2D eigenvalue weighted by molar-refractivity contribution is 7.08. The lowest BCUT2D eigenvalue weighted by Gasteiger charge is -2.10. The largest absolute Gasteiger partial charge is 0.481 e. The first-order chi connectivity index (χ1) is 15.9. The number of hydrogen-bond donors (Lipinski definition) is 3. The van der Waals surface area contributed by atoms with Crippen molar-refractivity contribution in [1.29, 1.82) is 0 Å². The van der Waals surface area contributed by atoms with Crippen LogP contribution in [-0.4, -0.2) is 48.5 Å². The third-order valence-electron chi connectivity index (χ3n) is 4.70. The summed E-state index contributed by atoms with van der Waals surface area (Å²) in [5.41, 5.74) is 15.9. The summed E-state index contributed by atoms with van der Waals surface area (Å²) < 4.78 is 4.94. The first-order valence-electron chi connectivity index (χ1n) is 10.7. The van der Waals surface area contributed by atoms with Gasteiger partial charge in [0.15, 0.2) is 0 Å². The quantitative estimate of drug-likeness (QED) is 0.229. The highest BCUT2D eigenvalue weighted by atomic mass is 32.1. The molecule has 2 atom stereocenters. The molecule has 4 N–H and O–H groups in total. The van der Waals surface area contributed by atoms with Crippen LogP contribution in [0.5, 0.6) is 0 Å². The molecule has 0 saturated carbocycles. The number of carboxylic acids is 2. The lowest BCUT2D eigenvalue weighted by molar-refractivity contribution is -0.139. The molecule has 0 spiro atoms. The van der Waals surface area contributed by atoms with Crippen molar-refractivity contribution in [2.75, 3.05) is 26.3 Å². The van der Waals surface area contributed by atoms with E-state index in [4.69, 9.17) is 26.2 Å². The number of azide groups is 1. The Hall–Kier alpha value is -2.43. The van der Waals surface area contributed by atoms with Crippen LogP contribution < -0.4 is 5.73 Å². The number of thiophene rings is 2. The Morgan fingerprint density at radius 3 is 1.91 bits per heavy atom. The maximum Gasteiger partial charge on any atom is 0.303 e. The molecule has 3 heterocycles. The first kappa shape index (κ1) is 28.6. The van der Waals surface area contributed by atoms with Crippen LogP contribution in [0.25, 0.3) is 10.4 Å². The van der Waals surface area contributed by atoms with Crippen molar-refractivity contribution in [3.05, 3.63) is 55.2 Å². The van der Waals surface area contributed by atoms with Crippen LogP contribution in [0.4, 0.5) is 0 Å². The summed E-state index contributed by atoms with van der Waals surface area (Å²) >= 11 is 3.20. The van der Waals surface area contributed by atoms with Gasteiger partial charge in [0.25, 0.3) is 0 Å². The van der Waals surface area contributed by atoms with E-state index in [1.165, 1.54) is 18.4 Å². The van der Waals surface area contributed by atoms with E-state index in [2.05, 4.69) is 10.0 Å². The standard InChI is InChI=1S/C9H11N3O2S.C9H13NO2S.C4H8O/c10-12-11-5-8(4-9(13)14)3-7-1-2-15-6-7;10-5-8(4-9(11)12)3-7-1-2-13-6-7;1-2-4-5-3-1/h1-2,6,8H,3-5H2,(H,13,14);1-2,6,8H,3-5,10H2,(H,11,12);1-4H2. The third-order valence-corrected chi connectivity index (χ3v) is 6.16. The van der Waals surface area contributed by atoms with Crippen LogP contribution in [-0.2, 0) is 27.2 Å². The lowest BCUT2D eigenvalue weighted by Crippen LogP contribution is -2.20. The smallest absolute Gasteiger partial charge is 0.303 e. The number of aliphatic carboxylic acids is 2. The zero-order chi connectivity index (χ0) is 24.3. The van der Waals surface area contributed by atoms with Crippen LogP contribution in [0.1, 0.15) is 36.8 Å². The average molecular weight is 497 g/mol. The predicted octanol–water partition coefficient (Wildman–Crippen LogP) is 4.83. The Morgan fingerprint density at radius 1 is 1.03 bits per heavy atom. The van der Waals surface area contributed by atoms with Crippen molar-refractivity contribution in [3.8, 4) is 0 Å². The van der Waals surface area contributed by atoms with Gasteiger partial charge >= 0.3 is 11.9 Å².